The molecular formula is C11H19F3O4. The fraction of sp³-hybridized carbons (Fsp3) is 0.909. The average molecular weight is 272 g/mol. The predicted molar refractivity (Wildman–Crippen MR) is 58.1 cm³/mol. The van der Waals surface area contributed by atoms with Gasteiger partial charge >= 0.3 is 12.1 Å². The molecule has 108 valence electrons. The van der Waals surface area contributed by atoms with Crippen LogP contribution in [0.25, 0.3) is 0 Å². The number of methoxy groups -OCH3 is 1. The highest BCUT2D eigenvalue weighted by molar-refractivity contribution is 5.75. The van der Waals surface area contributed by atoms with Crippen LogP contribution in [-0.2, 0) is 19.0 Å². The molecule has 0 aromatic heterocycles. The number of hydrogen-bond donors (Lipinski definition) is 0. The van der Waals surface area contributed by atoms with Crippen LogP contribution in [0.2, 0.25) is 0 Å². The van der Waals surface area contributed by atoms with Crippen LogP contribution in [0, 0.1) is 0 Å². The second-order valence-electron chi connectivity index (χ2n) is 5.09. The zero-order valence-corrected chi connectivity index (χ0v) is 11.2. The Bertz CT molecular complexity index is 285. The second kappa shape index (κ2) is 5.88. The molecule has 0 N–H and O–H groups in total. The average Bonchev–Trinajstić information content (AvgIpc) is 2.22. The van der Waals surface area contributed by atoms with Gasteiger partial charge in [-0.25, -0.2) is 4.79 Å². The molecule has 4 nitrogen and oxygen atoms in total. The van der Waals surface area contributed by atoms with Gasteiger partial charge in [-0.3, -0.25) is 0 Å². The SMILES string of the molecule is COC(C)(C)COC(C)(C)COC(=O)C(F)(F)F. The minimum atomic E-state index is -4.98. The van der Waals surface area contributed by atoms with Crippen LogP contribution in [-0.4, -0.2) is 43.7 Å². The molecule has 18 heavy (non-hydrogen) atoms. The number of alkyl halides is 3. The molecular weight excluding hydrogens is 253 g/mol. The van der Waals surface area contributed by atoms with Crippen molar-refractivity contribution in [1.82, 2.24) is 0 Å². The number of halogens is 3. The minimum absolute atomic E-state index is 0.167. The van der Waals surface area contributed by atoms with Gasteiger partial charge in [-0.15, -0.1) is 0 Å². The van der Waals surface area contributed by atoms with Crippen LogP contribution < -0.4 is 0 Å². The molecule has 0 aliphatic carbocycles. The Morgan fingerprint density at radius 1 is 1.00 bits per heavy atom. The Labute approximate surface area is 104 Å². The Hall–Kier alpha value is -0.820. The molecule has 0 atom stereocenters. The largest absolute Gasteiger partial charge is 0.490 e. The summed E-state index contributed by atoms with van der Waals surface area (Å²) in [7, 11) is 1.50. The van der Waals surface area contributed by atoms with Gasteiger partial charge in [-0.2, -0.15) is 13.2 Å². The van der Waals surface area contributed by atoms with Gasteiger partial charge in [0.05, 0.1) is 17.8 Å². The van der Waals surface area contributed by atoms with Crippen molar-refractivity contribution in [1.29, 1.82) is 0 Å². The van der Waals surface area contributed by atoms with Crippen LogP contribution in [0.5, 0.6) is 0 Å². The minimum Gasteiger partial charge on any atom is -0.456 e. The van der Waals surface area contributed by atoms with Crippen LogP contribution in [0.15, 0.2) is 0 Å². The van der Waals surface area contributed by atoms with Crippen molar-refractivity contribution in [2.45, 2.75) is 45.1 Å². The zero-order valence-electron chi connectivity index (χ0n) is 11.2. The molecule has 0 spiro atoms. The fourth-order valence-corrected chi connectivity index (χ4v) is 0.791. The standard InChI is InChI=1S/C11H19F3O4/c1-9(2,16-5)7-18-10(3,4)6-17-8(15)11(12,13)14/h6-7H2,1-5H3. The van der Waals surface area contributed by atoms with Gasteiger partial charge in [0.25, 0.3) is 0 Å². The van der Waals surface area contributed by atoms with Crippen molar-refractivity contribution in [3.8, 4) is 0 Å². The maximum Gasteiger partial charge on any atom is 0.490 e. The Morgan fingerprint density at radius 2 is 1.50 bits per heavy atom. The first-order chi connectivity index (χ1) is 7.90. The van der Waals surface area contributed by atoms with Crippen LogP contribution in [0.1, 0.15) is 27.7 Å². The van der Waals surface area contributed by atoms with Crippen LogP contribution in [0.4, 0.5) is 13.2 Å². The maximum absolute atomic E-state index is 11.9. The summed E-state index contributed by atoms with van der Waals surface area (Å²) < 4.78 is 50.4. The summed E-state index contributed by atoms with van der Waals surface area (Å²) in [6, 6.07) is 0. The molecule has 0 heterocycles. The smallest absolute Gasteiger partial charge is 0.456 e. The van der Waals surface area contributed by atoms with Gasteiger partial charge in [0, 0.05) is 7.11 Å². The second-order valence-corrected chi connectivity index (χ2v) is 5.09. The van der Waals surface area contributed by atoms with Gasteiger partial charge in [-0.05, 0) is 27.7 Å². The summed E-state index contributed by atoms with van der Waals surface area (Å²) in [4.78, 5) is 10.5. The quantitative estimate of drug-likeness (QED) is 0.696. The van der Waals surface area contributed by atoms with E-state index in [0.29, 0.717) is 0 Å². The molecule has 0 bridgehead atoms. The highest BCUT2D eigenvalue weighted by Gasteiger charge is 2.42. The molecule has 0 saturated carbocycles. The lowest BCUT2D eigenvalue weighted by atomic mass is 10.1. The van der Waals surface area contributed by atoms with E-state index in [0.717, 1.165) is 0 Å². The van der Waals surface area contributed by atoms with Crippen molar-refractivity contribution in [2.75, 3.05) is 20.3 Å². The third-order valence-electron chi connectivity index (χ3n) is 2.15. The van der Waals surface area contributed by atoms with E-state index < -0.39 is 30.0 Å². The third kappa shape index (κ3) is 6.80. The molecule has 0 amide bonds. The number of esters is 1. The number of ether oxygens (including phenoxy) is 3. The predicted octanol–water partition coefficient (Wildman–Crippen LogP) is 2.31. The van der Waals surface area contributed by atoms with Crippen molar-refractivity contribution in [3.05, 3.63) is 0 Å². The first kappa shape index (κ1) is 17.2. The highest BCUT2D eigenvalue weighted by Crippen LogP contribution is 2.20. The number of carbonyl (C=O) groups is 1. The van der Waals surface area contributed by atoms with Crippen molar-refractivity contribution in [3.63, 3.8) is 0 Å². The normalized spacial score (nSPS) is 13.6. The van der Waals surface area contributed by atoms with E-state index in [9.17, 15) is 18.0 Å². The van der Waals surface area contributed by atoms with E-state index in [-0.39, 0.29) is 6.61 Å². The summed E-state index contributed by atoms with van der Waals surface area (Å²) in [6.45, 7) is 6.28. The summed E-state index contributed by atoms with van der Waals surface area (Å²) in [6.07, 6.45) is -4.98. The van der Waals surface area contributed by atoms with E-state index in [1.54, 1.807) is 13.8 Å². The molecule has 0 saturated heterocycles. The first-order valence-corrected chi connectivity index (χ1v) is 5.33. The lowest BCUT2D eigenvalue weighted by Crippen LogP contribution is -2.40. The number of rotatable bonds is 6. The molecule has 0 radical (unpaired) electrons. The summed E-state index contributed by atoms with van der Waals surface area (Å²) in [5, 5.41) is 0. The molecule has 7 heteroatoms. The van der Waals surface area contributed by atoms with Crippen molar-refractivity contribution < 1.29 is 32.2 Å². The Balaban J connectivity index is 4.21. The lowest BCUT2D eigenvalue weighted by molar-refractivity contribution is -0.207. The van der Waals surface area contributed by atoms with E-state index in [4.69, 9.17) is 9.47 Å². The molecule has 0 aromatic rings. The maximum atomic E-state index is 11.9. The van der Waals surface area contributed by atoms with Gasteiger partial charge in [0.15, 0.2) is 0 Å². The molecule has 0 aromatic carbocycles. The van der Waals surface area contributed by atoms with Crippen LogP contribution in [0.3, 0.4) is 0 Å². The zero-order chi connectivity index (χ0) is 14.6. The third-order valence-corrected chi connectivity index (χ3v) is 2.15. The molecule has 0 aliphatic heterocycles. The van der Waals surface area contributed by atoms with Crippen molar-refractivity contribution in [2.24, 2.45) is 0 Å². The van der Waals surface area contributed by atoms with E-state index in [1.165, 1.54) is 21.0 Å². The van der Waals surface area contributed by atoms with E-state index in [1.807, 2.05) is 0 Å². The Kier molecular flexibility index (Phi) is 5.61. The summed E-state index contributed by atoms with van der Waals surface area (Å²) in [5.41, 5.74) is -1.58. The van der Waals surface area contributed by atoms with Gasteiger partial charge in [0.1, 0.15) is 6.61 Å². The van der Waals surface area contributed by atoms with Gasteiger partial charge < -0.3 is 14.2 Å². The summed E-state index contributed by atoms with van der Waals surface area (Å²) >= 11 is 0. The molecule has 0 rings (SSSR count). The fourth-order valence-electron chi connectivity index (χ4n) is 0.791. The molecule has 0 aliphatic rings. The van der Waals surface area contributed by atoms with E-state index in [2.05, 4.69) is 4.74 Å². The first-order valence-electron chi connectivity index (χ1n) is 5.33. The van der Waals surface area contributed by atoms with Gasteiger partial charge in [-0.1, -0.05) is 0 Å². The molecule has 0 fully saturated rings. The lowest BCUT2D eigenvalue weighted by Gasteiger charge is -2.30. The topological polar surface area (TPSA) is 44.8 Å². The van der Waals surface area contributed by atoms with E-state index >= 15 is 0 Å². The Morgan fingerprint density at radius 3 is 1.89 bits per heavy atom. The van der Waals surface area contributed by atoms with Gasteiger partial charge in [0.2, 0.25) is 0 Å². The van der Waals surface area contributed by atoms with Crippen LogP contribution >= 0.6 is 0 Å². The highest BCUT2D eigenvalue weighted by atomic mass is 19.4. The number of carbonyl (C=O) groups excluding carboxylic acids is 1. The number of hydrogen-bond acceptors (Lipinski definition) is 4. The molecule has 0 unspecified atom stereocenters. The van der Waals surface area contributed by atoms with Crippen molar-refractivity contribution >= 4 is 5.97 Å². The summed E-state index contributed by atoms with van der Waals surface area (Å²) in [5.74, 6) is -2.22. The monoisotopic (exact) mass is 272 g/mol.